The Bertz CT molecular complexity index is 812. The molecule has 6 nitrogen and oxygen atoms in total. The Labute approximate surface area is 112 Å². The second-order valence-electron chi connectivity index (χ2n) is 3.50. The summed E-state index contributed by atoms with van der Waals surface area (Å²) in [7, 11) is 1.47. The van der Waals surface area contributed by atoms with Gasteiger partial charge in [-0.2, -0.15) is 10.2 Å². The van der Waals surface area contributed by atoms with E-state index in [2.05, 4.69) is 21.0 Å². The molecule has 0 saturated carbocycles. The van der Waals surface area contributed by atoms with Gasteiger partial charge in [0.1, 0.15) is 21.0 Å². The molecular formula is C12H11N5OS. The van der Waals surface area contributed by atoms with Crippen molar-refractivity contribution in [1.29, 1.82) is 10.7 Å². The molecule has 19 heavy (non-hydrogen) atoms. The van der Waals surface area contributed by atoms with Crippen molar-refractivity contribution in [3.63, 3.8) is 0 Å². The van der Waals surface area contributed by atoms with E-state index in [9.17, 15) is 5.26 Å². The molecule has 0 unspecified atom stereocenters. The van der Waals surface area contributed by atoms with E-state index in [4.69, 9.17) is 10.1 Å². The van der Waals surface area contributed by atoms with Crippen LogP contribution in [0, 0.1) is 16.7 Å². The summed E-state index contributed by atoms with van der Waals surface area (Å²) in [5.74, 6) is 0. The second-order valence-corrected chi connectivity index (χ2v) is 4.52. The van der Waals surface area contributed by atoms with Crippen LogP contribution in [0.1, 0.15) is 12.6 Å². The van der Waals surface area contributed by atoms with Gasteiger partial charge in [-0.25, -0.2) is 4.98 Å². The molecule has 0 bridgehead atoms. The third-order valence-electron chi connectivity index (χ3n) is 2.40. The van der Waals surface area contributed by atoms with E-state index in [1.807, 2.05) is 6.92 Å². The van der Waals surface area contributed by atoms with Crippen LogP contribution in [-0.4, -0.2) is 22.1 Å². The number of aromatic amines is 1. The molecular weight excluding hydrogens is 262 g/mol. The molecule has 0 amide bonds. The molecule has 0 aliphatic rings. The molecule has 0 aliphatic carbocycles. The van der Waals surface area contributed by atoms with Crippen LogP contribution >= 0.6 is 11.3 Å². The summed E-state index contributed by atoms with van der Waals surface area (Å²) >= 11 is 1.20. The summed E-state index contributed by atoms with van der Waals surface area (Å²) in [6, 6.07) is 3.94. The smallest absolute Gasteiger partial charge is 0.316 e. The molecule has 0 aromatic carbocycles. The summed E-state index contributed by atoms with van der Waals surface area (Å²) in [6.07, 6.45) is 3.32. The first-order valence-electron chi connectivity index (χ1n) is 5.41. The second kappa shape index (κ2) is 5.46. The first-order valence-corrected chi connectivity index (χ1v) is 6.23. The number of H-pyrrole nitrogens is 1. The van der Waals surface area contributed by atoms with Crippen LogP contribution in [0.15, 0.2) is 12.3 Å². The Hall–Kier alpha value is -2.46. The number of nitrogens with zero attached hydrogens (tertiary/aromatic N) is 3. The van der Waals surface area contributed by atoms with Gasteiger partial charge in [0.05, 0.1) is 18.2 Å². The zero-order valence-electron chi connectivity index (χ0n) is 10.4. The highest BCUT2D eigenvalue weighted by molar-refractivity contribution is 7.07. The maximum atomic E-state index is 9.30. The molecule has 2 N–H and O–H groups in total. The lowest BCUT2D eigenvalue weighted by Gasteiger charge is -1.99. The first-order chi connectivity index (χ1) is 9.19. The Balaban J connectivity index is 2.74. The molecule has 0 aliphatic heterocycles. The topological polar surface area (TPSA) is 98.4 Å². The van der Waals surface area contributed by atoms with Gasteiger partial charge in [0, 0.05) is 6.20 Å². The summed E-state index contributed by atoms with van der Waals surface area (Å²) in [5, 5.41) is 17.8. The number of methoxy groups -OCH3 is 1. The van der Waals surface area contributed by atoms with Gasteiger partial charge >= 0.3 is 6.01 Å². The summed E-state index contributed by atoms with van der Waals surface area (Å²) in [6.45, 7) is 1.83. The predicted molar refractivity (Wildman–Crippen MR) is 70.6 cm³/mol. The molecule has 0 atom stereocenters. The molecule has 0 saturated heterocycles. The molecule has 2 rings (SSSR count). The average Bonchev–Trinajstić information content (AvgIpc) is 2.81. The Morgan fingerprint density at radius 2 is 2.42 bits per heavy atom. The standard InChI is InChI=1S/C12H11N5OS/c1-3-8-10(14)19-11(16-8)7(6-13)9-4-5-15-12(17-9)18-2/h3-5,14,16H,1-2H3/b8-3?,11-7+,14-10?. The van der Waals surface area contributed by atoms with E-state index < -0.39 is 0 Å². The molecule has 2 aromatic heterocycles. The molecule has 0 radical (unpaired) electrons. The number of thiazole rings is 1. The van der Waals surface area contributed by atoms with Gasteiger partial charge in [-0.15, -0.1) is 0 Å². The van der Waals surface area contributed by atoms with Crippen LogP contribution in [-0.2, 0) is 0 Å². The number of nitriles is 1. The van der Waals surface area contributed by atoms with Crippen molar-refractivity contribution < 1.29 is 4.74 Å². The third kappa shape index (κ3) is 2.53. The number of nitrogens with one attached hydrogen (secondary N) is 2. The van der Waals surface area contributed by atoms with Crippen LogP contribution in [0.2, 0.25) is 0 Å². The summed E-state index contributed by atoms with van der Waals surface area (Å²) < 4.78 is 5.92. The summed E-state index contributed by atoms with van der Waals surface area (Å²) in [5.41, 5.74) is 0.835. The maximum Gasteiger partial charge on any atom is 0.316 e. The fourth-order valence-corrected chi connectivity index (χ4v) is 2.38. The van der Waals surface area contributed by atoms with Crippen molar-refractivity contribution in [1.82, 2.24) is 15.0 Å². The SMILES string of the molecule is CC=c1[nH]/c(=C(/C#N)c2ccnc(OC)n2)sc1=N. The van der Waals surface area contributed by atoms with Crippen molar-refractivity contribution in [2.24, 2.45) is 0 Å². The normalized spacial score (nSPS) is 13.0. The molecule has 7 heteroatoms. The third-order valence-corrected chi connectivity index (χ3v) is 3.33. The minimum atomic E-state index is 0.204. The van der Waals surface area contributed by atoms with Crippen molar-refractivity contribution in [3.8, 4) is 12.1 Å². The highest BCUT2D eigenvalue weighted by Crippen LogP contribution is 2.09. The van der Waals surface area contributed by atoms with Crippen LogP contribution in [0.25, 0.3) is 11.6 Å². The van der Waals surface area contributed by atoms with Gasteiger partial charge in [-0.3, -0.25) is 5.41 Å². The van der Waals surface area contributed by atoms with E-state index in [1.54, 1.807) is 12.1 Å². The van der Waals surface area contributed by atoms with Gasteiger partial charge < -0.3 is 9.72 Å². The van der Waals surface area contributed by atoms with Crippen molar-refractivity contribution in [2.75, 3.05) is 7.11 Å². The van der Waals surface area contributed by atoms with Crippen LogP contribution in [0.4, 0.5) is 0 Å². The van der Waals surface area contributed by atoms with Gasteiger partial charge in [0.25, 0.3) is 0 Å². The number of hydrogen-bond donors (Lipinski definition) is 2. The molecule has 2 aromatic rings. The van der Waals surface area contributed by atoms with Crippen molar-refractivity contribution in [3.05, 3.63) is 32.6 Å². The van der Waals surface area contributed by atoms with E-state index in [0.29, 0.717) is 25.9 Å². The molecule has 0 spiro atoms. The van der Waals surface area contributed by atoms with E-state index in [-0.39, 0.29) is 6.01 Å². The summed E-state index contributed by atoms with van der Waals surface area (Å²) in [4.78, 5) is 11.1. The fourth-order valence-electron chi connectivity index (χ4n) is 1.48. The zero-order chi connectivity index (χ0) is 13.8. The predicted octanol–water partition coefficient (Wildman–Crippen LogP) is -0.123. The van der Waals surface area contributed by atoms with E-state index in [0.717, 1.165) is 0 Å². The lowest BCUT2D eigenvalue weighted by atomic mass is 10.2. The molecule has 2 heterocycles. The van der Waals surface area contributed by atoms with Crippen LogP contribution in [0.3, 0.4) is 0 Å². The van der Waals surface area contributed by atoms with Gasteiger partial charge in [0.2, 0.25) is 0 Å². The van der Waals surface area contributed by atoms with Crippen LogP contribution < -0.4 is 19.4 Å². The van der Waals surface area contributed by atoms with Crippen molar-refractivity contribution >= 4 is 23.0 Å². The van der Waals surface area contributed by atoms with Gasteiger partial charge in [-0.1, -0.05) is 17.4 Å². The Morgan fingerprint density at radius 3 is 3.00 bits per heavy atom. The minimum Gasteiger partial charge on any atom is -0.467 e. The number of ether oxygens (including phenoxy) is 1. The van der Waals surface area contributed by atoms with Crippen LogP contribution in [0.5, 0.6) is 6.01 Å². The Morgan fingerprint density at radius 1 is 1.63 bits per heavy atom. The highest BCUT2D eigenvalue weighted by Gasteiger charge is 2.07. The van der Waals surface area contributed by atoms with E-state index in [1.165, 1.54) is 24.6 Å². The monoisotopic (exact) mass is 273 g/mol. The van der Waals surface area contributed by atoms with E-state index >= 15 is 0 Å². The van der Waals surface area contributed by atoms with Gasteiger partial charge in [-0.05, 0) is 13.0 Å². The average molecular weight is 273 g/mol. The molecule has 0 fully saturated rings. The highest BCUT2D eigenvalue weighted by atomic mass is 32.1. The fraction of sp³-hybridized carbons (Fsp3) is 0.167. The number of rotatable bonds is 2. The lowest BCUT2D eigenvalue weighted by Crippen LogP contribution is -2.20. The number of aromatic nitrogens is 3. The zero-order valence-corrected chi connectivity index (χ0v) is 11.2. The quantitative estimate of drug-likeness (QED) is 0.796. The maximum absolute atomic E-state index is 9.30. The van der Waals surface area contributed by atoms with Gasteiger partial charge in [0.15, 0.2) is 0 Å². The lowest BCUT2D eigenvalue weighted by molar-refractivity contribution is 0.379. The molecule has 96 valence electrons. The Kier molecular flexibility index (Phi) is 3.73. The van der Waals surface area contributed by atoms with Crippen molar-refractivity contribution in [2.45, 2.75) is 6.92 Å². The number of hydrogen-bond acceptors (Lipinski definition) is 6. The largest absolute Gasteiger partial charge is 0.467 e. The first kappa shape index (κ1) is 13.0. The minimum absolute atomic E-state index is 0.204.